The van der Waals surface area contributed by atoms with Crippen molar-refractivity contribution in [3.63, 3.8) is 0 Å². The summed E-state index contributed by atoms with van der Waals surface area (Å²) in [6, 6.07) is 3.68. The molecule has 0 aromatic carbocycles. The van der Waals surface area contributed by atoms with Crippen molar-refractivity contribution in [1.29, 1.82) is 0 Å². The Morgan fingerprint density at radius 2 is 2.14 bits per heavy atom. The number of likely N-dealkylation sites (tertiary alicyclic amines) is 1. The fourth-order valence-corrected chi connectivity index (χ4v) is 3.30. The summed E-state index contributed by atoms with van der Waals surface area (Å²) >= 11 is 0. The second kappa shape index (κ2) is 5.51. The maximum Gasteiger partial charge on any atom is 0.249 e. The molecule has 1 amide bonds. The van der Waals surface area contributed by atoms with E-state index in [0.29, 0.717) is 11.7 Å². The van der Waals surface area contributed by atoms with Gasteiger partial charge in [-0.05, 0) is 31.4 Å². The van der Waals surface area contributed by atoms with Gasteiger partial charge in [-0.2, -0.15) is 4.98 Å². The van der Waals surface area contributed by atoms with Crippen LogP contribution in [0, 0.1) is 5.92 Å². The fraction of sp³-hybridized carbons (Fsp3) is 0.500. The summed E-state index contributed by atoms with van der Waals surface area (Å²) < 4.78 is 5.38. The van der Waals surface area contributed by atoms with Crippen LogP contribution >= 0.6 is 0 Å². The first-order valence-electron chi connectivity index (χ1n) is 7.87. The number of rotatable bonds is 3. The fourth-order valence-electron chi connectivity index (χ4n) is 3.30. The van der Waals surface area contributed by atoms with Gasteiger partial charge >= 0.3 is 0 Å². The van der Waals surface area contributed by atoms with Crippen LogP contribution in [0.2, 0.25) is 0 Å². The van der Waals surface area contributed by atoms with E-state index < -0.39 is 0 Å². The minimum atomic E-state index is -0.0500. The SMILES string of the molecule is O=C(C1CCCC1)N1CC[C@H]1c1nc(-c2cccnc2)no1. The zero-order chi connectivity index (χ0) is 14.9. The summed E-state index contributed by atoms with van der Waals surface area (Å²) in [6.45, 7) is 0.796. The summed E-state index contributed by atoms with van der Waals surface area (Å²) in [5, 5.41) is 4.02. The van der Waals surface area contributed by atoms with E-state index in [2.05, 4.69) is 15.1 Å². The van der Waals surface area contributed by atoms with Gasteiger partial charge in [0.15, 0.2) is 0 Å². The van der Waals surface area contributed by atoms with Gasteiger partial charge in [-0.1, -0.05) is 18.0 Å². The highest BCUT2D eigenvalue weighted by atomic mass is 16.5. The van der Waals surface area contributed by atoms with E-state index in [-0.39, 0.29) is 17.9 Å². The summed E-state index contributed by atoms with van der Waals surface area (Å²) in [7, 11) is 0. The van der Waals surface area contributed by atoms with Gasteiger partial charge in [0.2, 0.25) is 17.6 Å². The lowest BCUT2D eigenvalue weighted by Crippen LogP contribution is -2.47. The molecule has 2 aliphatic rings. The zero-order valence-corrected chi connectivity index (χ0v) is 12.3. The number of nitrogens with zero attached hydrogens (tertiary/aromatic N) is 4. The Bertz CT molecular complexity index is 664. The minimum absolute atomic E-state index is 0.0500. The number of carbonyl (C=O) groups excluding carboxylic acids is 1. The molecule has 4 rings (SSSR count). The van der Waals surface area contributed by atoms with Gasteiger partial charge in [0.25, 0.3) is 0 Å². The van der Waals surface area contributed by atoms with Crippen LogP contribution in [0.1, 0.15) is 44.0 Å². The van der Waals surface area contributed by atoms with Gasteiger partial charge in [-0.15, -0.1) is 0 Å². The topological polar surface area (TPSA) is 72.1 Å². The third-order valence-corrected chi connectivity index (χ3v) is 4.65. The first kappa shape index (κ1) is 13.4. The van der Waals surface area contributed by atoms with Gasteiger partial charge in [0.1, 0.15) is 6.04 Å². The first-order chi connectivity index (χ1) is 10.8. The minimum Gasteiger partial charge on any atom is -0.337 e. The van der Waals surface area contributed by atoms with Crippen LogP contribution in [0.15, 0.2) is 29.0 Å². The maximum atomic E-state index is 12.5. The Morgan fingerprint density at radius 1 is 1.27 bits per heavy atom. The van der Waals surface area contributed by atoms with Crippen LogP contribution in [0.3, 0.4) is 0 Å². The summed E-state index contributed by atoms with van der Waals surface area (Å²) in [6.07, 6.45) is 8.68. The average Bonchev–Trinajstić information content (AvgIpc) is 3.19. The van der Waals surface area contributed by atoms with E-state index in [1.807, 2.05) is 17.0 Å². The summed E-state index contributed by atoms with van der Waals surface area (Å²) in [4.78, 5) is 22.9. The largest absolute Gasteiger partial charge is 0.337 e. The first-order valence-corrected chi connectivity index (χ1v) is 7.87. The quantitative estimate of drug-likeness (QED) is 0.871. The van der Waals surface area contributed by atoms with E-state index in [9.17, 15) is 4.79 Å². The molecule has 1 aliphatic carbocycles. The van der Waals surface area contributed by atoms with Crippen LogP contribution in [-0.2, 0) is 4.79 Å². The number of hydrogen-bond acceptors (Lipinski definition) is 5. The third kappa shape index (κ3) is 2.28. The molecule has 1 aliphatic heterocycles. The number of amides is 1. The molecule has 1 saturated carbocycles. The van der Waals surface area contributed by atoms with Crippen molar-refractivity contribution in [2.75, 3.05) is 6.54 Å². The second-order valence-corrected chi connectivity index (χ2v) is 6.02. The smallest absolute Gasteiger partial charge is 0.249 e. The van der Waals surface area contributed by atoms with Gasteiger partial charge in [-0.3, -0.25) is 9.78 Å². The molecule has 2 aromatic heterocycles. The molecule has 22 heavy (non-hydrogen) atoms. The van der Waals surface area contributed by atoms with Crippen molar-refractivity contribution < 1.29 is 9.32 Å². The molecule has 1 saturated heterocycles. The van der Waals surface area contributed by atoms with Crippen LogP contribution < -0.4 is 0 Å². The number of pyridine rings is 1. The molecule has 6 nitrogen and oxygen atoms in total. The molecule has 3 heterocycles. The average molecular weight is 298 g/mol. The van der Waals surface area contributed by atoms with Gasteiger partial charge in [-0.25, -0.2) is 0 Å². The number of aromatic nitrogens is 3. The van der Waals surface area contributed by atoms with E-state index in [0.717, 1.165) is 31.4 Å². The molecule has 0 unspecified atom stereocenters. The summed E-state index contributed by atoms with van der Waals surface area (Å²) in [5.74, 6) is 1.53. The Labute approximate surface area is 128 Å². The Kier molecular flexibility index (Phi) is 3.36. The molecule has 0 radical (unpaired) electrons. The molecular formula is C16H18N4O2. The van der Waals surface area contributed by atoms with Crippen LogP contribution in [0.5, 0.6) is 0 Å². The molecule has 114 valence electrons. The van der Waals surface area contributed by atoms with Gasteiger partial charge < -0.3 is 9.42 Å². The predicted molar refractivity (Wildman–Crippen MR) is 78.6 cm³/mol. The van der Waals surface area contributed by atoms with Crippen molar-refractivity contribution in [1.82, 2.24) is 20.0 Å². The highest BCUT2D eigenvalue weighted by Crippen LogP contribution is 2.37. The summed E-state index contributed by atoms with van der Waals surface area (Å²) in [5.41, 5.74) is 0.825. The molecule has 0 bridgehead atoms. The highest BCUT2D eigenvalue weighted by Gasteiger charge is 2.40. The van der Waals surface area contributed by atoms with E-state index >= 15 is 0 Å². The van der Waals surface area contributed by atoms with Crippen LogP contribution in [-0.4, -0.2) is 32.5 Å². The predicted octanol–water partition coefficient (Wildman–Crippen LogP) is 2.60. The van der Waals surface area contributed by atoms with E-state index in [1.165, 1.54) is 12.8 Å². The monoisotopic (exact) mass is 298 g/mol. The third-order valence-electron chi connectivity index (χ3n) is 4.65. The van der Waals surface area contributed by atoms with Gasteiger partial charge in [0.05, 0.1) is 0 Å². The van der Waals surface area contributed by atoms with Crippen molar-refractivity contribution in [3.05, 3.63) is 30.4 Å². The second-order valence-electron chi connectivity index (χ2n) is 6.02. The van der Waals surface area contributed by atoms with E-state index in [4.69, 9.17) is 4.52 Å². The molecule has 2 aromatic rings. The van der Waals surface area contributed by atoms with Crippen LogP contribution in [0.25, 0.3) is 11.4 Å². The lowest BCUT2D eigenvalue weighted by Gasteiger charge is -2.40. The highest BCUT2D eigenvalue weighted by molar-refractivity contribution is 5.80. The Balaban J connectivity index is 1.50. The van der Waals surface area contributed by atoms with Crippen LogP contribution in [0.4, 0.5) is 0 Å². The maximum absolute atomic E-state index is 12.5. The number of hydrogen-bond donors (Lipinski definition) is 0. The van der Waals surface area contributed by atoms with Crippen molar-refractivity contribution in [3.8, 4) is 11.4 Å². The Hall–Kier alpha value is -2.24. The Morgan fingerprint density at radius 3 is 2.82 bits per heavy atom. The van der Waals surface area contributed by atoms with Crippen molar-refractivity contribution in [2.45, 2.75) is 38.1 Å². The number of carbonyl (C=O) groups is 1. The molecule has 2 fully saturated rings. The molecule has 1 atom stereocenters. The molecular weight excluding hydrogens is 280 g/mol. The zero-order valence-electron chi connectivity index (χ0n) is 12.3. The normalized spacial score (nSPS) is 21.8. The molecule has 0 spiro atoms. The van der Waals surface area contributed by atoms with Crippen molar-refractivity contribution >= 4 is 5.91 Å². The molecule has 0 N–H and O–H groups in total. The van der Waals surface area contributed by atoms with Crippen molar-refractivity contribution in [2.24, 2.45) is 5.92 Å². The van der Waals surface area contributed by atoms with E-state index in [1.54, 1.807) is 12.4 Å². The molecule has 6 heteroatoms. The standard InChI is InChI=1S/C16H18N4O2/c21-16(11-4-1-2-5-11)20-9-7-13(20)15-18-14(19-22-15)12-6-3-8-17-10-12/h3,6,8,10-11,13H,1-2,4-5,7,9H2/t13-/m0/s1. The lowest BCUT2D eigenvalue weighted by molar-refractivity contribution is -0.144. The lowest BCUT2D eigenvalue weighted by atomic mass is 9.98. The van der Waals surface area contributed by atoms with Gasteiger partial charge in [0, 0.05) is 30.4 Å².